The van der Waals surface area contributed by atoms with Gasteiger partial charge in [-0.3, -0.25) is 0 Å². The Kier molecular flexibility index (Phi) is 6.10. The van der Waals surface area contributed by atoms with E-state index in [0.717, 1.165) is 0 Å². The van der Waals surface area contributed by atoms with E-state index in [2.05, 4.69) is 10.6 Å². The number of amides is 2. The first kappa shape index (κ1) is 14.4. The largest absolute Gasteiger partial charge is 0.394 e. The number of aliphatic hydroxyl groups excluding tert-OH is 1. The van der Waals surface area contributed by atoms with E-state index in [9.17, 15) is 9.18 Å². The highest BCUT2D eigenvalue weighted by Crippen LogP contribution is 2.07. The van der Waals surface area contributed by atoms with Gasteiger partial charge in [-0.25, -0.2) is 9.18 Å². The molecule has 6 heteroatoms. The summed E-state index contributed by atoms with van der Waals surface area (Å²) in [4.78, 5) is 11.6. The van der Waals surface area contributed by atoms with E-state index in [1.807, 2.05) is 0 Å². The lowest BCUT2D eigenvalue weighted by Gasteiger charge is -2.16. The van der Waals surface area contributed by atoms with E-state index in [4.69, 9.17) is 9.84 Å². The van der Waals surface area contributed by atoms with Crippen LogP contribution < -0.4 is 10.6 Å². The van der Waals surface area contributed by atoms with E-state index in [1.165, 1.54) is 24.3 Å². The maximum Gasteiger partial charge on any atom is 0.319 e. The van der Waals surface area contributed by atoms with Crippen LogP contribution in [0.2, 0.25) is 0 Å². The Morgan fingerprint density at radius 3 is 2.67 bits per heavy atom. The first-order chi connectivity index (χ1) is 8.65. The molecular weight excluding hydrogens is 239 g/mol. The number of ether oxygens (including phenoxy) is 1. The van der Waals surface area contributed by atoms with Crippen LogP contribution in [0.15, 0.2) is 24.3 Å². The molecule has 0 bridgehead atoms. The highest BCUT2D eigenvalue weighted by Gasteiger charge is 2.10. The van der Waals surface area contributed by atoms with Crippen LogP contribution in [0.3, 0.4) is 0 Å². The second-order valence-electron chi connectivity index (χ2n) is 3.77. The van der Waals surface area contributed by atoms with E-state index in [0.29, 0.717) is 18.7 Å². The van der Waals surface area contributed by atoms with Crippen molar-refractivity contribution in [2.24, 2.45) is 0 Å². The Balaban J connectivity index is 2.42. The number of nitrogens with one attached hydrogen (secondary N) is 2. The van der Waals surface area contributed by atoms with Crippen molar-refractivity contribution in [1.82, 2.24) is 5.32 Å². The number of carbonyl (C=O) groups is 1. The summed E-state index contributed by atoms with van der Waals surface area (Å²) in [6.45, 7) is 0.280. The minimum absolute atomic E-state index is 0.166. The minimum Gasteiger partial charge on any atom is -0.394 e. The van der Waals surface area contributed by atoms with Crippen LogP contribution in [0.5, 0.6) is 0 Å². The molecule has 0 heterocycles. The van der Waals surface area contributed by atoms with Crippen molar-refractivity contribution in [2.45, 2.75) is 12.5 Å². The van der Waals surface area contributed by atoms with Gasteiger partial charge in [0.1, 0.15) is 5.82 Å². The summed E-state index contributed by atoms with van der Waals surface area (Å²) in [6, 6.07) is 4.60. The molecular formula is C12H17FN2O3. The molecule has 0 spiro atoms. The van der Waals surface area contributed by atoms with Crippen LogP contribution in [0.25, 0.3) is 0 Å². The number of hydrogen-bond donors (Lipinski definition) is 3. The zero-order valence-electron chi connectivity index (χ0n) is 10.1. The van der Waals surface area contributed by atoms with Gasteiger partial charge in [0.25, 0.3) is 0 Å². The molecule has 0 radical (unpaired) electrons. The number of methoxy groups -OCH3 is 1. The number of benzene rings is 1. The summed E-state index contributed by atoms with van der Waals surface area (Å²) in [7, 11) is 1.55. The lowest BCUT2D eigenvalue weighted by atomic mass is 10.2. The van der Waals surface area contributed by atoms with E-state index in [1.54, 1.807) is 7.11 Å². The predicted octanol–water partition coefficient (Wildman–Crippen LogP) is 1.34. The fraction of sp³-hybridized carbons (Fsp3) is 0.417. The molecule has 1 unspecified atom stereocenters. The number of aliphatic hydroxyl groups is 1. The van der Waals surface area contributed by atoms with Crippen LogP contribution in [0.4, 0.5) is 14.9 Å². The highest BCUT2D eigenvalue weighted by molar-refractivity contribution is 5.89. The third-order valence-electron chi connectivity index (χ3n) is 2.33. The summed E-state index contributed by atoms with van der Waals surface area (Å²) in [5.41, 5.74) is 0.484. The molecule has 100 valence electrons. The Bertz CT molecular complexity index is 370. The molecule has 1 rings (SSSR count). The SMILES string of the molecule is COCCC(CO)NC(=O)Nc1ccc(F)cc1. The first-order valence-electron chi connectivity index (χ1n) is 5.58. The smallest absolute Gasteiger partial charge is 0.319 e. The van der Waals surface area contributed by atoms with Gasteiger partial charge in [-0.05, 0) is 30.7 Å². The molecule has 0 aliphatic rings. The Hall–Kier alpha value is -1.66. The van der Waals surface area contributed by atoms with E-state index < -0.39 is 6.03 Å². The Morgan fingerprint density at radius 1 is 1.44 bits per heavy atom. The number of halogens is 1. The van der Waals surface area contributed by atoms with Gasteiger partial charge in [0.2, 0.25) is 0 Å². The molecule has 0 saturated carbocycles. The Labute approximate surface area is 105 Å². The van der Waals surface area contributed by atoms with Gasteiger partial charge in [-0.15, -0.1) is 0 Å². The molecule has 2 amide bonds. The van der Waals surface area contributed by atoms with Crippen LogP contribution in [-0.2, 0) is 4.74 Å². The van der Waals surface area contributed by atoms with E-state index in [-0.39, 0.29) is 18.5 Å². The summed E-state index contributed by atoms with van der Waals surface area (Å²) in [5, 5.41) is 14.2. The van der Waals surface area contributed by atoms with Gasteiger partial charge in [-0.2, -0.15) is 0 Å². The maximum absolute atomic E-state index is 12.7. The molecule has 1 aromatic rings. The second kappa shape index (κ2) is 7.62. The fourth-order valence-corrected chi connectivity index (χ4v) is 1.36. The van der Waals surface area contributed by atoms with Crippen molar-refractivity contribution in [3.05, 3.63) is 30.1 Å². The molecule has 0 fully saturated rings. The average molecular weight is 256 g/mol. The van der Waals surface area contributed by atoms with Crippen LogP contribution in [0, 0.1) is 5.82 Å². The quantitative estimate of drug-likeness (QED) is 0.719. The van der Waals surface area contributed by atoms with Gasteiger partial charge in [0, 0.05) is 19.4 Å². The van der Waals surface area contributed by atoms with Crippen LogP contribution >= 0.6 is 0 Å². The third kappa shape index (κ3) is 5.11. The van der Waals surface area contributed by atoms with Crippen molar-refractivity contribution < 1.29 is 19.0 Å². The van der Waals surface area contributed by atoms with Gasteiger partial charge >= 0.3 is 6.03 Å². The number of rotatable bonds is 6. The van der Waals surface area contributed by atoms with Crippen LogP contribution in [-0.4, -0.2) is 37.5 Å². The number of hydrogen-bond acceptors (Lipinski definition) is 3. The summed E-state index contributed by atoms with van der Waals surface area (Å²) in [6.07, 6.45) is 0.518. The average Bonchev–Trinajstić information content (AvgIpc) is 2.37. The number of anilines is 1. The van der Waals surface area contributed by atoms with Crippen molar-refractivity contribution in [2.75, 3.05) is 25.6 Å². The lowest BCUT2D eigenvalue weighted by Crippen LogP contribution is -2.40. The molecule has 0 aliphatic heterocycles. The molecule has 0 aromatic heterocycles. The molecule has 1 aromatic carbocycles. The van der Waals surface area contributed by atoms with Crippen molar-refractivity contribution in [3.8, 4) is 0 Å². The maximum atomic E-state index is 12.7. The number of carbonyl (C=O) groups excluding carboxylic acids is 1. The highest BCUT2D eigenvalue weighted by atomic mass is 19.1. The predicted molar refractivity (Wildman–Crippen MR) is 65.9 cm³/mol. The van der Waals surface area contributed by atoms with Crippen molar-refractivity contribution in [3.63, 3.8) is 0 Å². The van der Waals surface area contributed by atoms with Gasteiger partial charge < -0.3 is 20.5 Å². The topological polar surface area (TPSA) is 70.6 Å². The van der Waals surface area contributed by atoms with Crippen molar-refractivity contribution in [1.29, 1.82) is 0 Å². The Morgan fingerprint density at radius 2 is 2.11 bits per heavy atom. The zero-order chi connectivity index (χ0) is 13.4. The minimum atomic E-state index is -0.447. The fourth-order valence-electron chi connectivity index (χ4n) is 1.36. The summed E-state index contributed by atoms with van der Waals surface area (Å²) < 4.78 is 17.5. The second-order valence-corrected chi connectivity index (χ2v) is 3.77. The summed E-state index contributed by atoms with van der Waals surface area (Å²) >= 11 is 0. The van der Waals surface area contributed by atoms with E-state index >= 15 is 0 Å². The van der Waals surface area contributed by atoms with Gasteiger partial charge in [0.15, 0.2) is 0 Å². The molecule has 0 aliphatic carbocycles. The monoisotopic (exact) mass is 256 g/mol. The first-order valence-corrected chi connectivity index (χ1v) is 5.58. The van der Waals surface area contributed by atoms with Gasteiger partial charge in [-0.1, -0.05) is 0 Å². The van der Waals surface area contributed by atoms with Crippen molar-refractivity contribution >= 4 is 11.7 Å². The zero-order valence-corrected chi connectivity index (χ0v) is 10.1. The molecule has 1 atom stereocenters. The third-order valence-corrected chi connectivity index (χ3v) is 2.33. The molecule has 0 saturated heterocycles. The van der Waals surface area contributed by atoms with Gasteiger partial charge in [0.05, 0.1) is 12.6 Å². The molecule has 18 heavy (non-hydrogen) atoms. The summed E-state index contributed by atoms with van der Waals surface area (Å²) in [5.74, 6) is -0.366. The molecule has 5 nitrogen and oxygen atoms in total. The number of urea groups is 1. The lowest BCUT2D eigenvalue weighted by molar-refractivity contribution is 0.161. The standard InChI is InChI=1S/C12H17FN2O3/c1-18-7-6-11(8-16)15-12(17)14-10-4-2-9(13)3-5-10/h2-5,11,16H,6-8H2,1H3,(H2,14,15,17). The normalized spacial score (nSPS) is 11.9. The van der Waals surface area contributed by atoms with Crippen LogP contribution in [0.1, 0.15) is 6.42 Å². The molecule has 3 N–H and O–H groups in total.